The van der Waals surface area contributed by atoms with E-state index in [-0.39, 0.29) is 18.5 Å². The number of esters is 1. The van der Waals surface area contributed by atoms with E-state index in [0.29, 0.717) is 25.9 Å². The number of unbranched alkanes of at least 4 members (excludes halogenated alkanes) is 51. The van der Waals surface area contributed by atoms with Crippen molar-refractivity contribution in [3.8, 4) is 0 Å². The lowest BCUT2D eigenvalue weighted by atomic mass is 10.0. The number of nitrogens with one attached hydrogen (secondary N) is 1. The van der Waals surface area contributed by atoms with Crippen molar-refractivity contribution in [1.82, 2.24) is 5.32 Å². The van der Waals surface area contributed by atoms with Gasteiger partial charge in [-0.3, -0.25) is 9.59 Å². The van der Waals surface area contributed by atoms with Crippen molar-refractivity contribution < 1.29 is 24.5 Å². The Hall–Kier alpha value is -1.40. The molecule has 3 N–H and O–H groups in total. The zero-order valence-electron chi connectivity index (χ0n) is 50.4. The zero-order chi connectivity index (χ0) is 53.6. The minimum absolute atomic E-state index is 0.0122. The lowest BCUT2D eigenvalue weighted by Gasteiger charge is -2.22. The molecular weight excluding hydrogens is 911 g/mol. The van der Waals surface area contributed by atoms with Gasteiger partial charge in [0.25, 0.3) is 0 Å². The van der Waals surface area contributed by atoms with E-state index in [0.717, 1.165) is 44.9 Å². The highest BCUT2D eigenvalue weighted by Gasteiger charge is 2.20. The van der Waals surface area contributed by atoms with Crippen molar-refractivity contribution in [2.75, 3.05) is 13.2 Å². The Labute approximate surface area is 463 Å². The fourth-order valence-electron chi connectivity index (χ4n) is 10.9. The summed E-state index contributed by atoms with van der Waals surface area (Å²) in [5.41, 5.74) is 0. The second-order valence-corrected chi connectivity index (χ2v) is 23.5. The number of hydrogen-bond donors (Lipinski definition) is 3. The SMILES string of the molecule is CCCCCCC/C=C\CCCCCCCC(=O)OCCCCCCCCCCCCCCCCCCCCCCCCCCCCCCCCC(=O)NC(CO)C(O)CCCCCCCCCCCCCCC. The Morgan fingerprint density at radius 1 is 0.365 bits per heavy atom. The maximum absolute atomic E-state index is 12.5. The summed E-state index contributed by atoms with van der Waals surface area (Å²) in [6.07, 6.45) is 78.3. The van der Waals surface area contributed by atoms with Crippen LogP contribution in [0.4, 0.5) is 0 Å². The first-order chi connectivity index (χ1) is 36.5. The van der Waals surface area contributed by atoms with E-state index in [9.17, 15) is 19.8 Å². The molecule has 0 rings (SSSR count). The van der Waals surface area contributed by atoms with Gasteiger partial charge in [0.1, 0.15) is 0 Å². The zero-order valence-corrected chi connectivity index (χ0v) is 50.4. The third kappa shape index (κ3) is 59.8. The van der Waals surface area contributed by atoms with E-state index in [1.54, 1.807) is 0 Å². The van der Waals surface area contributed by atoms with Crippen LogP contribution in [0.25, 0.3) is 0 Å². The first kappa shape index (κ1) is 72.6. The molecule has 0 aliphatic carbocycles. The van der Waals surface area contributed by atoms with Gasteiger partial charge in [0, 0.05) is 12.8 Å². The Morgan fingerprint density at radius 3 is 0.959 bits per heavy atom. The smallest absolute Gasteiger partial charge is 0.305 e. The molecule has 0 aromatic heterocycles. The van der Waals surface area contributed by atoms with Gasteiger partial charge in [-0.05, 0) is 51.4 Å². The van der Waals surface area contributed by atoms with E-state index in [1.807, 2.05) is 0 Å². The summed E-state index contributed by atoms with van der Waals surface area (Å²) in [6, 6.07) is -0.537. The van der Waals surface area contributed by atoms with Crippen LogP contribution in [0, 0.1) is 0 Å². The molecular formula is C68H133NO5. The number of allylic oxidation sites excluding steroid dienone is 2. The molecule has 0 radical (unpaired) electrons. The number of amides is 1. The molecule has 74 heavy (non-hydrogen) atoms. The topological polar surface area (TPSA) is 95.9 Å². The number of carbonyl (C=O) groups excluding carboxylic acids is 2. The monoisotopic (exact) mass is 1040 g/mol. The Balaban J connectivity index is 3.31. The summed E-state index contributed by atoms with van der Waals surface area (Å²) >= 11 is 0. The second-order valence-electron chi connectivity index (χ2n) is 23.5. The maximum atomic E-state index is 12.5. The molecule has 1 amide bonds. The average Bonchev–Trinajstić information content (AvgIpc) is 3.40. The predicted octanol–water partition coefficient (Wildman–Crippen LogP) is 21.6. The third-order valence-corrected chi connectivity index (χ3v) is 16.1. The van der Waals surface area contributed by atoms with Crippen molar-refractivity contribution in [3.63, 3.8) is 0 Å². The van der Waals surface area contributed by atoms with Crippen molar-refractivity contribution in [2.24, 2.45) is 0 Å². The second kappa shape index (κ2) is 64.1. The summed E-state index contributed by atoms with van der Waals surface area (Å²) in [7, 11) is 0. The summed E-state index contributed by atoms with van der Waals surface area (Å²) in [5, 5.41) is 23.3. The number of carbonyl (C=O) groups is 2. The number of ether oxygens (including phenoxy) is 1. The number of aliphatic hydroxyl groups excluding tert-OH is 2. The maximum Gasteiger partial charge on any atom is 0.305 e. The number of hydrogen-bond acceptors (Lipinski definition) is 5. The molecule has 0 heterocycles. The Bertz CT molecular complexity index is 1110. The van der Waals surface area contributed by atoms with Gasteiger partial charge in [-0.2, -0.15) is 0 Å². The minimum Gasteiger partial charge on any atom is -0.466 e. The predicted molar refractivity (Wildman–Crippen MR) is 324 cm³/mol. The molecule has 440 valence electrons. The van der Waals surface area contributed by atoms with Crippen LogP contribution >= 0.6 is 0 Å². The molecule has 2 atom stereocenters. The largest absolute Gasteiger partial charge is 0.466 e. The number of aliphatic hydroxyl groups is 2. The lowest BCUT2D eigenvalue weighted by molar-refractivity contribution is -0.143. The minimum atomic E-state index is -0.660. The van der Waals surface area contributed by atoms with Crippen LogP contribution in [0.15, 0.2) is 12.2 Å². The highest BCUT2D eigenvalue weighted by Crippen LogP contribution is 2.19. The van der Waals surface area contributed by atoms with Crippen molar-refractivity contribution >= 4 is 11.9 Å². The summed E-state index contributed by atoms with van der Waals surface area (Å²) in [5.74, 6) is -0.0166. The first-order valence-corrected chi connectivity index (χ1v) is 33.9. The van der Waals surface area contributed by atoms with E-state index < -0.39 is 12.1 Å². The van der Waals surface area contributed by atoms with Crippen LogP contribution in [-0.4, -0.2) is 47.4 Å². The quantitative estimate of drug-likeness (QED) is 0.0320. The highest BCUT2D eigenvalue weighted by atomic mass is 16.5. The molecule has 0 saturated carbocycles. The molecule has 0 fully saturated rings. The fraction of sp³-hybridized carbons (Fsp3) is 0.941. The van der Waals surface area contributed by atoms with Crippen molar-refractivity contribution in [3.05, 3.63) is 12.2 Å². The van der Waals surface area contributed by atoms with E-state index in [4.69, 9.17) is 4.74 Å². The molecule has 0 aromatic carbocycles. The highest BCUT2D eigenvalue weighted by molar-refractivity contribution is 5.76. The molecule has 0 saturated heterocycles. The van der Waals surface area contributed by atoms with Crippen LogP contribution < -0.4 is 5.32 Å². The van der Waals surface area contributed by atoms with Gasteiger partial charge in [-0.25, -0.2) is 0 Å². The molecule has 0 spiro atoms. The van der Waals surface area contributed by atoms with E-state index in [1.165, 1.54) is 308 Å². The van der Waals surface area contributed by atoms with E-state index >= 15 is 0 Å². The molecule has 0 aliphatic rings. The molecule has 6 heteroatoms. The summed E-state index contributed by atoms with van der Waals surface area (Å²) in [4.78, 5) is 24.5. The Kier molecular flexibility index (Phi) is 62.9. The van der Waals surface area contributed by atoms with Gasteiger partial charge in [-0.1, -0.05) is 334 Å². The normalized spacial score (nSPS) is 12.5. The molecule has 2 unspecified atom stereocenters. The van der Waals surface area contributed by atoms with Crippen LogP contribution in [0.3, 0.4) is 0 Å². The molecule has 0 bridgehead atoms. The van der Waals surface area contributed by atoms with E-state index in [2.05, 4.69) is 31.3 Å². The van der Waals surface area contributed by atoms with Crippen LogP contribution in [-0.2, 0) is 14.3 Å². The number of rotatable bonds is 64. The lowest BCUT2D eigenvalue weighted by Crippen LogP contribution is -2.45. The first-order valence-electron chi connectivity index (χ1n) is 33.9. The summed E-state index contributed by atoms with van der Waals surface area (Å²) < 4.78 is 5.49. The molecule has 0 aromatic rings. The van der Waals surface area contributed by atoms with Gasteiger partial charge in [0.2, 0.25) is 5.91 Å². The third-order valence-electron chi connectivity index (χ3n) is 16.1. The Morgan fingerprint density at radius 2 is 0.635 bits per heavy atom. The van der Waals surface area contributed by atoms with Gasteiger partial charge in [-0.15, -0.1) is 0 Å². The summed E-state index contributed by atoms with van der Waals surface area (Å²) in [6.45, 7) is 4.97. The molecule has 6 nitrogen and oxygen atoms in total. The molecule has 0 aliphatic heterocycles. The van der Waals surface area contributed by atoms with Crippen LogP contribution in [0.1, 0.15) is 386 Å². The fourth-order valence-corrected chi connectivity index (χ4v) is 10.9. The average molecular weight is 1040 g/mol. The standard InChI is InChI=1S/C68H133NO5/c1-3-5-7-9-11-13-15-17-38-42-46-50-54-58-62-68(73)74-63-59-55-51-47-43-39-35-33-31-29-27-25-23-21-19-18-20-22-24-26-28-30-32-34-37-41-45-49-53-57-61-67(72)69-65(64-70)66(71)60-56-52-48-44-40-36-16-14-12-10-8-6-4-2/h15,17,65-66,70-71H,3-14,16,18-64H2,1-2H3,(H,69,72)/b17-15-. The van der Waals surface area contributed by atoms with Crippen molar-refractivity contribution in [2.45, 2.75) is 398 Å². The van der Waals surface area contributed by atoms with Gasteiger partial charge < -0.3 is 20.3 Å². The van der Waals surface area contributed by atoms with Gasteiger partial charge >= 0.3 is 5.97 Å². The van der Waals surface area contributed by atoms with Gasteiger partial charge in [0.15, 0.2) is 0 Å². The van der Waals surface area contributed by atoms with Crippen LogP contribution in [0.2, 0.25) is 0 Å². The van der Waals surface area contributed by atoms with Crippen LogP contribution in [0.5, 0.6) is 0 Å². The van der Waals surface area contributed by atoms with Gasteiger partial charge in [0.05, 0.1) is 25.4 Å². The van der Waals surface area contributed by atoms with Crippen molar-refractivity contribution in [1.29, 1.82) is 0 Å².